The summed E-state index contributed by atoms with van der Waals surface area (Å²) in [6.07, 6.45) is 1.41. The van der Waals surface area contributed by atoms with E-state index < -0.39 is 5.97 Å². The smallest absolute Gasteiger partial charge is 0.339 e. The average Bonchev–Trinajstić information content (AvgIpc) is 2.84. The van der Waals surface area contributed by atoms with E-state index in [0.29, 0.717) is 12.3 Å². The van der Waals surface area contributed by atoms with E-state index in [0.717, 1.165) is 39.4 Å². The fraction of sp³-hybridized carbons (Fsp3) is 0.583. The van der Waals surface area contributed by atoms with Gasteiger partial charge in [0.15, 0.2) is 0 Å². The molecule has 2 heterocycles. The summed E-state index contributed by atoms with van der Waals surface area (Å²) in [6, 6.07) is 1.47. The van der Waals surface area contributed by atoms with Gasteiger partial charge in [-0.1, -0.05) is 0 Å². The summed E-state index contributed by atoms with van der Waals surface area (Å²) in [5.74, 6) is -0.474. The van der Waals surface area contributed by atoms with Crippen molar-refractivity contribution in [1.29, 1.82) is 0 Å². The van der Waals surface area contributed by atoms with Crippen LogP contribution >= 0.6 is 0 Å². The molecule has 0 atom stereocenters. The minimum Gasteiger partial charge on any atom is -0.478 e. The van der Waals surface area contributed by atoms with Crippen molar-refractivity contribution < 1.29 is 19.1 Å². The van der Waals surface area contributed by atoms with Crippen molar-refractivity contribution in [3.8, 4) is 0 Å². The Hall–Kier alpha value is -1.37. The third-order valence-electron chi connectivity index (χ3n) is 2.97. The van der Waals surface area contributed by atoms with Gasteiger partial charge in [-0.2, -0.15) is 0 Å². The molecule has 100 valence electrons. The molecule has 0 bridgehead atoms. The summed E-state index contributed by atoms with van der Waals surface area (Å²) >= 11 is 0. The highest BCUT2D eigenvalue weighted by Crippen LogP contribution is 2.09. The van der Waals surface area contributed by atoms with Crippen molar-refractivity contribution in [3.05, 3.63) is 23.7 Å². The first-order valence-corrected chi connectivity index (χ1v) is 6.08. The maximum Gasteiger partial charge on any atom is 0.339 e. The van der Waals surface area contributed by atoms with Crippen molar-refractivity contribution in [2.75, 3.05) is 39.4 Å². The standard InChI is InChI=1S/C12H18N2O4/c15-12(16)10-1-6-18-11(10)9-13-2-3-14-4-7-17-8-5-14/h1,6,13H,2-5,7-9H2,(H,15,16). The largest absolute Gasteiger partial charge is 0.478 e. The van der Waals surface area contributed by atoms with Gasteiger partial charge in [-0.15, -0.1) is 0 Å². The van der Waals surface area contributed by atoms with Crippen LogP contribution in [0.3, 0.4) is 0 Å². The minimum absolute atomic E-state index is 0.230. The molecule has 6 heteroatoms. The quantitative estimate of drug-likeness (QED) is 0.716. The normalized spacial score (nSPS) is 16.9. The Labute approximate surface area is 106 Å². The van der Waals surface area contributed by atoms with Gasteiger partial charge >= 0.3 is 5.97 Å². The number of carboxylic acids is 1. The highest BCUT2D eigenvalue weighted by molar-refractivity contribution is 5.88. The molecule has 0 unspecified atom stereocenters. The number of nitrogens with zero attached hydrogens (tertiary/aromatic N) is 1. The molecular formula is C12H18N2O4. The lowest BCUT2D eigenvalue weighted by molar-refractivity contribution is 0.0383. The molecule has 1 aliphatic heterocycles. The molecule has 0 radical (unpaired) electrons. The van der Waals surface area contributed by atoms with Gasteiger partial charge in [-0.3, -0.25) is 4.90 Å². The zero-order valence-corrected chi connectivity index (χ0v) is 10.2. The summed E-state index contributed by atoms with van der Waals surface area (Å²) in [5.41, 5.74) is 0.230. The van der Waals surface area contributed by atoms with Crippen LogP contribution in [0.15, 0.2) is 16.7 Å². The number of carbonyl (C=O) groups is 1. The molecule has 1 aromatic rings. The number of carboxylic acid groups (broad SMARTS) is 1. The lowest BCUT2D eigenvalue weighted by atomic mass is 10.2. The summed E-state index contributed by atoms with van der Waals surface area (Å²) in [4.78, 5) is 13.2. The second-order valence-corrected chi connectivity index (χ2v) is 4.19. The summed E-state index contributed by atoms with van der Waals surface area (Å²) in [7, 11) is 0. The Morgan fingerprint density at radius 1 is 1.44 bits per heavy atom. The molecule has 2 N–H and O–H groups in total. The first-order chi connectivity index (χ1) is 8.77. The molecule has 1 fully saturated rings. The predicted molar refractivity (Wildman–Crippen MR) is 64.6 cm³/mol. The van der Waals surface area contributed by atoms with Crippen molar-refractivity contribution in [2.24, 2.45) is 0 Å². The minimum atomic E-state index is -0.950. The number of aromatic carboxylic acids is 1. The number of morpholine rings is 1. The van der Waals surface area contributed by atoms with Crippen LogP contribution in [0.2, 0.25) is 0 Å². The van der Waals surface area contributed by atoms with Crippen LogP contribution in [0.1, 0.15) is 16.1 Å². The van der Waals surface area contributed by atoms with E-state index in [9.17, 15) is 4.79 Å². The van der Waals surface area contributed by atoms with E-state index in [2.05, 4.69) is 10.2 Å². The summed E-state index contributed by atoms with van der Waals surface area (Å²) in [5, 5.41) is 12.1. The molecule has 2 rings (SSSR count). The monoisotopic (exact) mass is 254 g/mol. The lowest BCUT2D eigenvalue weighted by Gasteiger charge is -2.26. The van der Waals surface area contributed by atoms with E-state index in [4.69, 9.17) is 14.3 Å². The van der Waals surface area contributed by atoms with E-state index in [-0.39, 0.29) is 5.56 Å². The Bertz CT molecular complexity index is 385. The summed E-state index contributed by atoms with van der Waals surface area (Å²) in [6.45, 7) is 5.69. The van der Waals surface area contributed by atoms with Gasteiger partial charge in [0.2, 0.25) is 0 Å². The predicted octanol–water partition coefficient (Wildman–Crippen LogP) is 0.400. The molecule has 1 aliphatic rings. The Morgan fingerprint density at radius 2 is 2.22 bits per heavy atom. The van der Waals surface area contributed by atoms with Crippen molar-refractivity contribution in [1.82, 2.24) is 10.2 Å². The van der Waals surface area contributed by atoms with Gasteiger partial charge in [0.05, 0.1) is 26.0 Å². The molecule has 0 spiro atoms. The van der Waals surface area contributed by atoms with Crippen molar-refractivity contribution in [3.63, 3.8) is 0 Å². The maximum absolute atomic E-state index is 10.9. The van der Waals surface area contributed by atoms with Gasteiger partial charge < -0.3 is 19.6 Å². The zero-order valence-electron chi connectivity index (χ0n) is 10.2. The van der Waals surface area contributed by atoms with E-state index in [1.807, 2.05) is 0 Å². The van der Waals surface area contributed by atoms with Gasteiger partial charge in [-0.05, 0) is 6.07 Å². The van der Waals surface area contributed by atoms with Crippen LogP contribution in [0, 0.1) is 0 Å². The molecule has 0 saturated carbocycles. The molecule has 6 nitrogen and oxygen atoms in total. The van der Waals surface area contributed by atoms with E-state index in [1.165, 1.54) is 12.3 Å². The zero-order chi connectivity index (χ0) is 12.8. The van der Waals surface area contributed by atoms with Crippen LogP contribution < -0.4 is 5.32 Å². The highest BCUT2D eigenvalue weighted by atomic mass is 16.5. The summed E-state index contributed by atoms with van der Waals surface area (Å²) < 4.78 is 10.4. The number of rotatable bonds is 6. The van der Waals surface area contributed by atoms with Gasteiger partial charge in [0.25, 0.3) is 0 Å². The topological polar surface area (TPSA) is 74.9 Å². The molecule has 0 aliphatic carbocycles. The first kappa shape index (κ1) is 13.1. The van der Waals surface area contributed by atoms with E-state index in [1.54, 1.807) is 0 Å². The second kappa shape index (κ2) is 6.53. The van der Waals surface area contributed by atoms with E-state index >= 15 is 0 Å². The fourth-order valence-electron chi connectivity index (χ4n) is 1.93. The Kier molecular flexibility index (Phi) is 4.74. The lowest BCUT2D eigenvalue weighted by Crippen LogP contribution is -2.40. The number of nitrogens with one attached hydrogen (secondary N) is 1. The van der Waals surface area contributed by atoms with Crippen molar-refractivity contribution >= 4 is 5.97 Å². The van der Waals surface area contributed by atoms with Crippen LogP contribution in [-0.2, 0) is 11.3 Å². The third-order valence-corrected chi connectivity index (χ3v) is 2.97. The van der Waals surface area contributed by atoms with Gasteiger partial charge in [0.1, 0.15) is 11.3 Å². The fourth-order valence-corrected chi connectivity index (χ4v) is 1.93. The SMILES string of the molecule is O=C(O)c1ccoc1CNCCN1CCOCC1. The van der Waals surface area contributed by atoms with Crippen LogP contribution in [0.25, 0.3) is 0 Å². The number of hydrogen-bond donors (Lipinski definition) is 2. The second-order valence-electron chi connectivity index (χ2n) is 4.19. The van der Waals surface area contributed by atoms with Crippen LogP contribution in [0.4, 0.5) is 0 Å². The molecule has 1 saturated heterocycles. The molecule has 18 heavy (non-hydrogen) atoms. The van der Waals surface area contributed by atoms with Crippen LogP contribution in [0.5, 0.6) is 0 Å². The Balaban J connectivity index is 1.68. The maximum atomic E-state index is 10.9. The van der Waals surface area contributed by atoms with Gasteiger partial charge in [0, 0.05) is 26.2 Å². The molecular weight excluding hydrogens is 236 g/mol. The molecule has 0 aromatic carbocycles. The van der Waals surface area contributed by atoms with Crippen LogP contribution in [-0.4, -0.2) is 55.4 Å². The van der Waals surface area contributed by atoms with Gasteiger partial charge in [-0.25, -0.2) is 4.79 Å². The number of ether oxygens (including phenoxy) is 1. The van der Waals surface area contributed by atoms with Crippen molar-refractivity contribution in [2.45, 2.75) is 6.54 Å². The average molecular weight is 254 g/mol. The number of furan rings is 1. The highest BCUT2D eigenvalue weighted by Gasteiger charge is 2.13. The third kappa shape index (κ3) is 3.56. The Morgan fingerprint density at radius 3 is 2.94 bits per heavy atom. The molecule has 0 amide bonds. The number of hydrogen-bond acceptors (Lipinski definition) is 5. The first-order valence-electron chi connectivity index (χ1n) is 6.08. The molecule has 1 aromatic heterocycles.